The lowest BCUT2D eigenvalue weighted by atomic mass is 9.85. The quantitative estimate of drug-likeness (QED) is 0.112. The van der Waals surface area contributed by atoms with Crippen LogP contribution in [0.2, 0.25) is 10.0 Å². The molecule has 3 aromatic rings. The fraction of sp³-hybridized carbons (Fsp3) is 0.444. The SMILES string of the molecule is CN1Cc2c(Cl)cc(Cl)cc2C(c2cccc(S(=O)(=O)NCCOCCOCCOCCNC(=O)c3ccc(C(=O)NCCOCCO)cc3)c2)C1. The molecule has 4 N–H and O–H groups in total. The maximum absolute atomic E-state index is 13.1. The summed E-state index contributed by atoms with van der Waals surface area (Å²) in [5.74, 6) is -0.646. The number of aliphatic hydroxyl groups excluding tert-OH is 1. The van der Waals surface area contributed by atoms with Crippen LogP contribution < -0.4 is 15.4 Å². The van der Waals surface area contributed by atoms with Crippen LogP contribution >= 0.6 is 23.2 Å². The molecular formula is C36H46Cl2N4O9S. The number of carbonyl (C=O) groups excluding carboxylic acids is 2. The molecule has 0 aromatic heterocycles. The summed E-state index contributed by atoms with van der Waals surface area (Å²) < 4.78 is 50.3. The average molecular weight is 782 g/mol. The average Bonchev–Trinajstić information content (AvgIpc) is 3.13. The topological polar surface area (TPSA) is 165 Å². The lowest BCUT2D eigenvalue weighted by Crippen LogP contribution is -2.31. The van der Waals surface area contributed by atoms with Crippen molar-refractivity contribution >= 4 is 45.0 Å². The van der Waals surface area contributed by atoms with Gasteiger partial charge in [0.05, 0.1) is 64.4 Å². The van der Waals surface area contributed by atoms with Crippen LogP contribution in [0.3, 0.4) is 0 Å². The number of benzene rings is 3. The molecule has 0 radical (unpaired) electrons. The largest absolute Gasteiger partial charge is 0.394 e. The Labute approximate surface area is 314 Å². The van der Waals surface area contributed by atoms with E-state index in [1.54, 1.807) is 48.5 Å². The molecule has 284 valence electrons. The maximum atomic E-state index is 13.1. The number of sulfonamides is 1. The minimum absolute atomic E-state index is 0.0733. The van der Waals surface area contributed by atoms with E-state index >= 15 is 0 Å². The zero-order valence-electron chi connectivity index (χ0n) is 29.1. The van der Waals surface area contributed by atoms with Crippen LogP contribution in [0.15, 0.2) is 65.6 Å². The molecule has 1 heterocycles. The molecule has 0 aliphatic carbocycles. The van der Waals surface area contributed by atoms with Gasteiger partial charge in [0.1, 0.15) is 0 Å². The first-order chi connectivity index (χ1) is 25.1. The summed E-state index contributed by atoms with van der Waals surface area (Å²) in [7, 11) is -1.76. The first-order valence-electron chi connectivity index (χ1n) is 16.9. The van der Waals surface area contributed by atoms with Gasteiger partial charge in [0.25, 0.3) is 11.8 Å². The number of hydrogen-bond acceptors (Lipinski definition) is 10. The third-order valence-corrected chi connectivity index (χ3v) is 10.1. The summed E-state index contributed by atoms with van der Waals surface area (Å²) in [6, 6.07) is 16.8. The highest BCUT2D eigenvalue weighted by Crippen LogP contribution is 2.38. The van der Waals surface area contributed by atoms with Gasteiger partial charge in [-0.05, 0) is 72.3 Å². The number of carbonyl (C=O) groups is 2. The fourth-order valence-electron chi connectivity index (χ4n) is 5.52. The molecule has 1 atom stereocenters. The van der Waals surface area contributed by atoms with Crippen LogP contribution in [0.25, 0.3) is 0 Å². The van der Waals surface area contributed by atoms with Gasteiger partial charge in [-0.1, -0.05) is 35.3 Å². The van der Waals surface area contributed by atoms with Gasteiger partial charge in [0.2, 0.25) is 10.0 Å². The number of nitrogens with one attached hydrogen (secondary N) is 3. The van der Waals surface area contributed by atoms with E-state index in [1.807, 2.05) is 19.2 Å². The van der Waals surface area contributed by atoms with Crippen molar-refractivity contribution in [2.75, 3.05) is 92.7 Å². The third-order valence-electron chi connectivity index (χ3n) is 8.05. The van der Waals surface area contributed by atoms with Crippen molar-refractivity contribution < 1.29 is 42.1 Å². The summed E-state index contributed by atoms with van der Waals surface area (Å²) in [5, 5.41) is 15.3. The lowest BCUT2D eigenvalue weighted by molar-refractivity contribution is 0.0162. The second-order valence-electron chi connectivity index (χ2n) is 11.9. The van der Waals surface area contributed by atoms with Gasteiger partial charge in [-0.15, -0.1) is 0 Å². The van der Waals surface area contributed by atoms with Crippen molar-refractivity contribution in [1.82, 2.24) is 20.3 Å². The molecule has 1 aliphatic heterocycles. The molecule has 13 nitrogen and oxygen atoms in total. The summed E-state index contributed by atoms with van der Waals surface area (Å²) >= 11 is 12.8. The minimum atomic E-state index is -3.77. The standard InChI is InChI=1S/C36H46Cl2N4O9S/c1-42-24-32(31-22-29(37)23-34(38)33(31)25-42)28-3-2-4-30(21-28)52(46,47)41-11-15-50-18-20-51-19-17-49-14-10-40-36(45)27-7-5-26(6-8-27)35(44)39-9-13-48-16-12-43/h2-8,21-23,32,41,43H,9-20,24-25H2,1H3,(H,39,44)(H,40,45). The Kier molecular flexibility index (Phi) is 17.2. The molecule has 2 amide bonds. The smallest absolute Gasteiger partial charge is 0.251 e. The predicted octanol–water partition coefficient (Wildman–Crippen LogP) is 3.07. The Balaban J connectivity index is 1.04. The first-order valence-corrected chi connectivity index (χ1v) is 19.2. The van der Waals surface area contributed by atoms with E-state index in [1.165, 1.54) is 0 Å². The molecule has 0 saturated heterocycles. The first kappa shape index (κ1) is 41.6. The van der Waals surface area contributed by atoms with E-state index in [-0.39, 0.29) is 55.6 Å². The second kappa shape index (κ2) is 21.5. The molecule has 3 aromatic carbocycles. The highest BCUT2D eigenvalue weighted by atomic mass is 35.5. The Hall–Kier alpha value is -3.15. The molecule has 0 saturated carbocycles. The monoisotopic (exact) mass is 780 g/mol. The molecule has 0 fully saturated rings. The predicted molar refractivity (Wildman–Crippen MR) is 198 cm³/mol. The van der Waals surface area contributed by atoms with Crippen LogP contribution in [0.5, 0.6) is 0 Å². The van der Waals surface area contributed by atoms with Gasteiger partial charge >= 0.3 is 0 Å². The summed E-state index contributed by atoms with van der Waals surface area (Å²) in [5.41, 5.74) is 3.70. The van der Waals surface area contributed by atoms with Crippen molar-refractivity contribution in [3.63, 3.8) is 0 Å². The van der Waals surface area contributed by atoms with E-state index in [9.17, 15) is 18.0 Å². The van der Waals surface area contributed by atoms with Crippen LogP contribution in [-0.4, -0.2) is 123 Å². The van der Waals surface area contributed by atoms with Crippen molar-refractivity contribution in [1.29, 1.82) is 0 Å². The van der Waals surface area contributed by atoms with E-state index in [0.717, 1.165) is 16.7 Å². The second-order valence-corrected chi connectivity index (χ2v) is 14.5. The number of ether oxygens (including phenoxy) is 4. The molecule has 0 spiro atoms. The van der Waals surface area contributed by atoms with Crippen LogP contribution in [0, 0.1) is 0 Å². The minimum Gasteiger partial charge on any atom is -0.394 e. The number of rotatable bonds is 22. The van der Waals surface area contributed by atoms with Crippen molar-refractivity contribution in [2.45, 2.75) is 17.4 Å². The Bertz CT molecular complexity index is 1710. The van der Waals surface area contributed by atoms with E-state index in [2.05, 4.69) is 20.3 Å². The zero-order valence-corrected chi connectivity index (χ0v) is 31.4. The van der Waals surface area contributed by atoms with Gasteiger partial charge in [-0.3, -0.25) is 9.59 Å². The number of amides is 2. The highest BCUT2D eigenvalue weighted by molar-refractivity contribution is 7.89. The van der Waals surface area contributed by atoms with Gasteiger partial charge in [-0.25, -0.2) is 13.1 Å². The van der Waals surface area contributed by atoms with Crippen molar-refractivity contribution in [2.24, 2.45) is 0 Å². The Morgan fingerprint density at radius 1 is 0.788 bits per heavy atom. The van der Waals surface area contributed by atoms with E-state index < -0.39 is 10.0 Å². The Morgan fingerprint density at radius 3 is 1.94 bits per heavy atom. The zero-order chi connectivity index (χ0) is 37.3. The molecular weight excluding hydrogens is 735 g/mol. The van der Waals surface area contributed by atoms with Crippen LogP contribution in [0.4, 0.5) is 0 Å². The summed E-state index contributed by atoms with van der Waals surface area (Å²) in [4.78, 5) is 26.8. The number of fused-ring (bicyclic) bond motifs is 1. The van der Waals surface area contributed by atoms with Crippen LogP contribution in [-0.2, 0) is 35.5 Å². The van der Waals surface area contributed by atoms with E-state index in [4.69, 9.17) is 47.3 Å². The summed E-state index contributed by atoms with van der Waals surface area (Å²) in [6.45, 7) is 4.26. The number of nitrogens with zero attached hydrogens (tertiary/aromatic N) is 1. The van der Waals surface area contributed by atoms with Crippen molar-refractivity contribution in [3.05, 3.63) is 98.5 Å². The number of aliphatic hydroxyl groups is 1. The highest BCUT2D eigenvalue weighted by Gasteiger charge is 2.28. The van der Waals surface area contributed by atoms with E-state index in [0.29, 0.717) is 80.4 Å². The third kappa shape index (κ3) is 13.1. The maximum Gasteiger partial charge on any atom is 0.251 e. The van der Waals surface area contributed by atoms with Crippen LogP contribution in [0.1, 0.15) is 43.3 Å². The van der Waals surface area contributed by atoms with Crippen molar-refractivity contribution in [3.8, 4) is 0 Å². The molecule has 0 bridgehead atoms. The normalized spacial score (nSPS) is 14.6. The molecule has 4 rings (SSSR count). The van der Waals surface area contributed by atoms with Gasteiger partial charge in [0, 0.05) is 59.8 Å². The lowest BCUT2D eigenvalue weighted by Gasteiger charge is -2.33. The van der Waals surface area contributed by atoms with Gasteiger partial charge in [0.15, 0.2) is 0 Å². The molecule has 1 unspecified atom stereocenters. The molecule has 52 heavy (non-hydrogen) atoms. The summed E-state index contributed by atoms with van der Waals surface area (Å²) in [6.07, 6.45) is 0. The van der Waals surface area contributed by atoms with Gasteiger partial charge in [-0.2, -0.15) is 0 Å². The van der Waals surface area contributed by atoms with Gasteiger partial charge < -0.3 is 39.6 Å². The number of likely N-dealkylation sites (N-methyl/N-ethyl adjacent to an activating group) is 1. The molecule has 1 aliphatic rings. The number of halogens is 2. The molecule has 16 heteroatoms. The number of hydrogen-bond donors (Lipinski definition) is 4. The fourth-order valence-corrected chi connectivity index (χ4v) is 7.16. The Morgan fingerprint density at radius 2 is 1.35 bits per heavy atom.